The van der Waals surface area contributed by atoms with Gasteiger partial charge >= 0.3 is 0 Å². The highest BCUT2D eigenvalue weighted by molar-refractivity contribution is 9.10. The predicted octanol–water partition coefficient (Wildman–Crippen LogP) is 6.57. The molecular weight excluding hydrogens is 509 g/mol. The van der Waals surface area contributed by atoms with Gasteiger partial charge < -0.3 is 9.47 Å². The predicted molar refractivity (Wildman–Crippen MR) is 126 cm³/mol. The molecule has 3 rings (SSSR count). The molecule has 3 aromatic rings. The lowest BCUT2D eigenvalue weighted by Crippen LogP contribution is -2.10. The van der Waals surface area contributed by atoms with Crippen LogP contribution in [0.4, 0.5) is 11.4 Å². The van der Waals surface area contributed by atoms with Crippen LogP contribution in [0.2, 0.25) is 10.0 Å². The lowest BCUT2D eigenvalue weighted by molar-refractivity contribution is -0.384. The average Bonchev–Trinajstić information content (AvgIpc) is 2.74. The molecule has 0 aliphatic heterocycles. The summed E-state index contributed by atoms with van der Waals surface area (Å²) in [6.45, 7) is 0.576. The summed E-state index contributed by atoms with van der Waals surface area (Å²) >= 11 is 15.8. The zero-order valence-electron chi connectivity index (χ0n) is 15.9. The maximum Gasteiger partial charge on any atom is 0.269 e. The minimum atomic E-state index is -0.467. The fourth-order valence-electron chi connectivity index (χ4n) is 2.50. The second-order valence-corrected chi connectivity index (χ2v) is 7.89. The van der Waals surface area contributed by atoms with Crippen molar-refractivity contribution in [1.29, 1.82) is 0 Å². The second kappa shape index (κ2) is 11.0. The first-order valence-electron chi connectivity index (χ1n) is 8.96. The monoisotopic (exact) mass is 523 g/mol. The third-order valence-electron chi connectivity index (χ3n) is 3.92. The lowest BCUT2D eigenvalue weighted by atomic mass is 10.2. The van der Waals surface area contributed by atoms with E-state index >= 15 is 0 Å². The molecule has 10 heteroatoms. The number of hydrogen-bond acceptors (Lipinski definition) is 6. The van der Waals surface area contributed by atoms with E-state index in [1.54, 1.807) is 24.3 Å². The Morgan fingerprint density at radius 2 is 1.71 bits per heavy atom. The highest BCUT2D eigenvalue weighted by Crippen LogP contribution is 2.31. The van der Waals surface area contributed by atoms with Crippen LogP contribution in [0.25, 0.3) is 0 Å². The number of ether oxygens (including phenoxy) is 2. The van der Waals surface area contributed by atoms with Gasteiger partial charge in [-0.25, -0.2) is 0 Å². The number of nitro benzene ring substituents is 1. The van der Waals surface area contributed by atoms with E-state index < -0.39 is 4.92 Å². The van der Waals surface area contributed by atoms with E-state index in [0.29, 0.717) is 33.7 Å². The molecule has 0 saturated carbocycles. The van der Waals surface area contributed by atoms with Gasteiger partial charge in [0.15, 0.2) is 0 Å². The number of rotatable bonds is 9. The molecule has 3 aromatic carbocycles. The summed E-state index contributed by atoms with van der Waals surface area (Å²) in [5.41, 5.74) is 3.94. The highest BCUT2D eigenvalue weighted by Gasteiger charge is 2.10. The van der Waals surface area contributed by atoms with E-state index in [0.717, 1.165) is 10.2 Å². The van der Waals surface area contributed by atoms with Crippen molar-refractivity contribution in [3.05, 3.63) is 90.9 Å². The van der Waals surface area contributed by atoms with E-state index in [2.05, 4.69) is 26.5 Å². The van der Waals surface area contributed by atoms with Crippen molar-refractivity contribution >= 4 is 56.7 Å². The molecule has 7 nitrogen and oxygen atoms in total. The zero-order chi connectivity index (χ0) is 22.2. The van der Waals surface area contributed by atoms with E-state index in [1.165, 1.54) is 18.3 Å². The Morgan fingerprint density at radius 3 is 2.39 bits per heavy atom. The van der Waals surface area contributed by atoms with E-state index in [9.17, 15) is 10.1 Å². The van der Waals surface area contributed by atoms with E-state index in [-0.39, 0.29) is 12.3 Å². The molecule has 0 fully saturated rings. The third kappa shape index (κ3) is 6.85. The number of halogens is 3. The van der Waals surface area contributed by atoms with Gasteiger partial charge in [0.05, 0.1) is 21.8 Å². The molecule has 0 unspecified atom stereocenters. The van der Waals surface area contributed by atoms with Crippen LogP contribution in [-0.4, -0.2) is 24.4 Å². The molecule has 0 saturated heterocycles. The normalized spacial score (nSPS) is 10.8. The molecule has 31 heavy (non-hydrogen) atoms. The van der Waals surface area contributed by atoms with Crippen molar-refractivity contribution in [2.75, 3.05) is 18.6 Å². The molecule has 0 aliphatic rings. The van der Waals surface area contributed by atoms with Gasteiger partial charge in [0.25, 0.3) is 5.69 Å². The van der Waals surface area contributed by atoms with Gasteiger partial charge in [-0.3, -0.25) is 15.5 Å². The molecule has 0 bridgehead atoms. The summed E-state index contributed by atoms with van der Waals surface area (Å²) < 4.78 is 12.4. The van der Waals surface area contributed by atoms with Crippen molar-refractivity contribution in [1.82, 2.24) is 0 Å². The van der Waals surface area contributed by atoms with Crippen LogP contribution < -0.4 is 14.9 Å². The number of benzene rings is 3. The second-order valence-electron chi connectivity index (χ2n) is 6.13. The molecule has 0 aliphatic carbocycles. The van der Waals surface area contributed by atoms with Crippen LogP contribution in [0.1, 0.15) is 5.56 Å². The highest BCUT2D eigenvalue weighted by atomic mass is 79.9. The largest absolute Gasteiger partial charge is 0.490 e. The van der Waals surface area contributed by atoms with Gasteiger partial charge in [0.1, 0.15) is 24.7 Å². The fourth-order valence-corrected chi connectivity index (χ4v) is 3.32. The number of hydrazone groups is 1. The standard InChI is InChI=1S/C21H16BrCl2N3O4/c22-15-1-7-19(8-2-15)30-9-10-31-21-14(11-16(23)12-20(21)24)13-25-26-17-3-5-18(6-4-17)27(28)29/h1-8,11-13,26H,9-10H2/b25-13-. The zero-order valence-corrected chi connectivity index (χ0v) is 19.0. The molecule has 1 N–H and O–H groups in total. The average molecular weight is 525 g/mol. The summed E-state index contributed by atoms with van der Waals surface area (Å²) in [6, 6.07) is 16.6. The number of nitrogens with zero attached hydrogens (tertiary/aromatic N) is 2. The topological polar surface area (TPSA) is 86.0 Å². The maximum absolute atomic E-state index is 10.7. The van der Waals surface area contributed by atoms with Crippen molar-refractivity contribution < 1.29 is 14.4 Å². The third-order valence-corrected chi connectivity index (χ3v) is 4.95. The molecule has 0 spiro atoms. The van der Waals surface area contributed by atoms with E-state index in [1.807, 2.05) is 24.3 Å². The molecular formula is C21H16BrCl2N3O4. The minimum absolute atomic E-state index is 0.00260. The fraction of sp³-hybridized carbons (Fsp3) is 0.0952. The number of anilines is 1. The van der Waals surface area contributed by atoms with Crippen molar-refractivity contribution in [3.8, 4) is 11.5 Å². The summed E-state index contributed by atoms with van der Waals surface area (Å²) in [7, 11) is 0. The Labute approximate surface area is 196 Å². The minimum Gasteiger partial charge on any atom is -0.490 e. The van der Waals surface area contributed by atoms with Crippen LogP contribution in [0.3, 0.4) is 0 Å². The van der Waals surface area contributed by atoms with Crippen LogP contribution in [0, 0.1) is 10.1 Å². The van der Waals surface area contributed by atoms with Crippen LogP contribution in [-0.2, 0) is 0 Å². The van der Waals surface area contributed by atoms with Crippen LogP contribution in [0.5, 0.6) is 11.5 Å². The van der Waals surface area contributed by atoms with E-state index in [4.69, 9.17) is 32.7 Å². The Balaban J connectivity index is 1.62. The Morgan fingerprint density at radius 1 is 1.03 bits per heavy atom. The maximum atomic E-state index is 10.7. The first-order valence-corrected chi connectivity index (χ1v) is 10.5. The number of nitrogens with one attached hydrogen (secondary N) is 1. The number of non-ortho nitro benzene ring substituents is 1. The van der Waals surface area contributed by atoms with Crippen molar-refractivity contribution in [2.45, 2.75) is 0 Å². The summed E-state index contributed by atoms with van der Waals surface area (Å²) in [6.07, 6.45) is 1.50. The van der Waals surface area contributed by atoms with Crippen molar-refractivity contribution in [3.63, 3.8) is 0 Å². The van der Waals surface area contributed by atoms with Crippen LogP contribution >= 0.6 is 39.1 Å². The van der Waals surface area contributed by atoms with Crippen LogP contribution in [0.15, 0.2) is 70.2 Å². The Hall–Kier alpha value is -2.81. The molecule has 160 valence electrons. The Bertz CT molecular complexity index is 1080. The molecule has 0 radical (unpaired) electrons. The quantitative estimate of drug-likeness (QED) is 0.148. The SMILES string of the molecule is O=[N+]([O-])c1ccc(N/N=C\c2cc(Cl)cc(Cl)c2OCCOc2ccc(Br)cc2)cc1. The molecule has 0 heterocycles. The van der Waals surface area contributed by atoms with Gasteiger partial charge in [0, 0.05) is 27.2 Å². The molecule has 0 aromatic heterocycles. The van der Waals surface area contributed by atoms with Gasteiger partial charge in [-0.15, -0.1) is 0 Å². The smallest absolute Gasteiger partial charge is 0.269 e. The first kappa shape index (κ1) is 22.9. The number of nitro groups is 1. The van der Waals surface area contributed by atoms with Gasteiger partial charge in [-0.2, -0.15) is 5.10 Å². The molecule has 0 atom stereocenters. The number of hydrogen-bond donors (Lipinski definition) is 1. The van der Waals surface area contributed by atoms with Gasteiger partial charge in [-0.1, -0.05) is 39.1 Å². The van der Waals surface area contributed by atoms with Crippen molar-refractivity contribution in [2.24, 2.45) is 5.10 Å². The lowest BCUT2D eigenvalue weighted by Gasteiger charge is -2.12. The Kier molecular flexibility index (Phi) is 8.11. The summed E-state index contributed by atoms with van der Waals surface area (Å²) in [5.74, 6) is 1.14. The molecule has 0 amide bonds. The first-order chi connectivity index (χ1) is 14.9. The van der Waals surface area contributed by atoms with Gasteiger partial charge in [-0.05, 0) is 48.5 Å². The summed E-state index contributed by atoms with van der Waals surface area (Å²) in [4.78, 5) is 10.3. The van der Waals surface area contributed by atoms with Gasteiger partial charge in [0.2, 0.25) is 0 Å². The summed E-state index contributed by atoms with van der Waals surface area (Å²) in [5, 5.41) is 15.6.